The number of anilines is 2. The van der Waals surface area contributed by atoms with Crippen molar-refractivity contribution in [2.75, 3.05) is 17.2 Å². The molecule has 0 aliphatic carbocycles. The minimum absolute atomic E-state index is 0.0389. The molecule has 2 rings (SSSR count). The number of aryl methyl sites for hydroxylation is 2. The van der Waals surface area contributed by atoms with E-state index in [2.05, 4.69) is 4.98 Å². The highest BCUT2D eigenvalue weighted by Gasteiger charge is 2.24. The predicted octanol–water partition coefficient (Wildman–Crippen LogP) is 2.77. The molecule has 29 heavy (non-hydrogen) atoms. The largest absolute Gasteiger partial charge is 0.383 e. The smallest absolute Gasteiger partial charge is 0.330 e. The first-order valence-electron chi connectivity index (χ1n) is 10.1. The zero-order valence-electron chi connectivity index (χ0n) is 18.0. The summed E-state index contributed by atoms with van der Waals surface area (Å²) < 4.78 is 1.34. The van der Waals surface area contributed by atoms with Crippen molar-refractivity contribution in [2.45, 2.75) is 60.4 Å². The van der Waals surface area contributed by atoms with Gasteiger partial charge in [0, 0.05) is 13.1 Å². The number of hydrogen-bond acceptors (Lipinski definition) is 4. The van der Waals surface area contributed by atoms with Crippen molar-refractivity contribution in [3.63, 3.8) is 0 Å². The summed E-state index contributed by atoms with van der Waals surface area (Å²) in [6.07, 6.45) is 1.74. The van der Waals surface area contributed by atoms with Gasteiger partial charge in [-0.25, -0.2) is 4.79 Å². The summed E-state index contributed by atoms with van der Waals surface area (Å²) in [5.41, 5.74) is 8.26. The van der Waals surface area contributed by atoms with E-state index in [0.717, 1.165) is 29.5 Å². The third-order valence-electron chi connectivity index (χ3n) is 4.99. The molecule has 0 fully saturated rings. The quantitative estimate of drug-likeness (QED) is 0.711. The van der Waals surface area contributed by atoms with E-state index < -0.39 is 11.2 Å². The summed E-state index contributed by atoms with van der Waals surface area (Å²) in [6, 6.07) is 5.89. The highest BCUT2D eigenvalue weighted by atomic mass is 16.2. The van der Waals surface area contributed by atoms with E-state index in [0.29, 0.717) is 13.1 Å². The third kappa shape index (κ3) is 5.37. The lowest BCUT2D eigenvalue weighted by Gasteiger charge is -2.25. The van der Waals surface area contributed by atoms with Crippen LogP contribution in [0.2, 0.25) is 0 Å². The van der Waals surface area contributed by atoms with Crippen LogP contribution in [0.4, 0.5) is 11.5 Å². The second-order valence-corrected chi connectivity index (χ2v) is 7.99. The van der Waals surface area contributed by atoms with Crippen LogP contribution in [0.15, 0.2) is 27.8 Å². The van der Waals surface area contributed by atoms with Gasteiger partial charge >= 0.3 is 5.69 Å². The van der Waals surface area contributed by atoms with Crippen LogP contribution in [0.1, 0.15) is 50.3 Å². The van der Waals surface area contributed by atoms with Gasteiger partial charge in [0.15, 0.2) is 5.69 Å². The molecule has 0 aliphatic rings. The Morgan fingerprint density at radius 3 is 2.48 bits per heavy atom. The van der Waals surface area contributed by atoms with Gasteiger partial charge in [-0.1, -0.05) is 45.4 Å². The van der Waals surface area contributed by atoms with E-state index in [4.69, 9.17) is 5.73 Å². The maximum Gasteiger partial charge on any atom is 0.330 e. The lowest BCUT2D eigenvalue weighted by atomic mass is 10.0. The van der Waals surface area contributed by atoms with Gasteiger partial charge in [0.25, 0.3) is 5.56 Å². The molecule has 2 aromatic rings. The maximum absolute atomic E-state index is 13.2. The average Bonchev–Trinajstić information content (AvgIpc) is 2.64. The molecule has 0 radical (unpaired) electrons. The number of carbonyl (C=O) groups is 1. The lowest BCUT2D eigenvalue weighted by molar-refractivity contribution is -0.118. The first kappa shape index (κ1) is 22.5. The Bertz CT molecular complexity index is 989. The van der Waals surface area contributed by atoms with E-state index in [1.165, 1.54) is 9.47 Å². The predicted molar refractivity (Wildman–Crippen MR) is 117 cm³/mol. The minimum Gasteiger partial charge on any atom is -0.383 e. The minimum atomic E-state index is -0.628. The van der Waals surface area contributed by atoms with Crippen LogP contribution < -0.4 is 21.9 Å². The van der Waals surface area contributed by atoms with Gasteiger partial charge in [0.05, 0.1) is 6.42 Å². The standard InChI is InChI=1S/C22H32N4O3/c1-6-7-10-25(18(27)12-17-9-8-15(4)16(5)11-17)19-20(23)26(13-14(2)3)22(29)24-21(19)28/h8-9,11,14H,6-7,10,12-13,23H2,1-5H3,(H,24,28,29). The summed E-state index contributed by atoms with van der Waals surface area (Å²) in [5, 5.41) is 0. The van der Waals surface area contributed by atoms with Crippen molar-refractivity contribution in [2.24, 2.45) is 5.92 Å². The Kier molecular flexibility index (Phi) is 7.42. The van der Waals surface area contributed by atoms with Crippen molar-refractivity contribution >= 4 is 17.4 Å². The van der Waals surface area contributed by atoms with Crippen molar-refractivity contribution in [3.8, 4) is 0 Å². The van der Waals surface area contributed by atoms with Crippen molar-refractivity contribution in [1.29, 1.82) is 0 Å². The van der Waals surface area contributed by atoms with Gasteiger partial charge in [0.1, 0.15) is 5.82 Å². The molecule has 158 valence electrons. The van der Waals surface area contributed by atoms with Gasteiger partial charge < -0.3 is 10.6 Å². The molecular formula is C22H32N4O3. The van der Waals surface area contributed by atoms with Crippen LogP contribution in [-0.4, -0.2) is 22.0 Å². The third-order valence-corrected chi connectivity index (χ3v) is 4.99. The molecule has 0 saturated heterocycles. The van der Waals surface area contributed by atoms with E-state index in [9.17, 15) is 14.4 Å². The zero-order chi connectivity index (χ0) is 21.7. The fourth-order valence-electron chi connectivity index (χ4n) is 3.25. The maximum atomic E-state index is 13.2. The molecule has 1 aromatic heterocycles. The molecule has 7 nitrogen and oxygen atoms in total. The van der Waals surface area contributed by atoms with Gasteiger partial charge in [-0.15, -0.1) is 0 Å². The first-order valence-corrected chi connectivity index (χ1v) is 10.1. The summed E-state index contributed by atoms with van der Waals surface area (Å²) in [7, 11) is 0. The SMILES string of the molecule is CCCCN(C(=O)Cc1ccc(C)c(C)c1)c1c(N)n(CC(C)C)c(=O)[nH]c1=O. The van der Waals surface area contributed by atoms with Crippen LogP contribution in [-0.2, 0) is 17.8 Å². The summed E-state index contributed by atoms with van der Waals surface area (Å²) >= 11 is 0. The Balaban J connectivity index is 2.48. The summed E-state index contributed by atoms with van der Waals surface area (Å²) in [6.45, 7) is 10.7. The van der Waals surface area contributed by atoms with Crippen LogP contribution in [0.5, 0.6) is 0 Å². The second-order valence-electron chi connectivity index (χ2n) is 7.99. The molecule has 7 heteroatoms. The van der Waals surface area contributed by atoms with E-state index in [-0.39, 0.29) is 29.8 Å². The fraction of sp³-hybridized carbons (Fsp3) is 0.500. The Morgan fingerprint density at radius 2 is 1.90 bits per heavy atom. The molecule has 0 atom stereocenters. The Labute approximate surface area is 171 Å². The molecule has 0 bridgehead atoms. The normalized spacial score (nSPS) is 11.1. The summed E-state index contributed by atoms with van der Waals surface area (Å²) in [4.78, 5) is 41.8. The molecule has 1 heterocycles. The number of amides is 1. The zero-order valence-corrected chi connectivity index (χ0v) is 18.0. The highest BCUT2D eigenvalue weighted by Crippen LogP contribution is 2.20. The highest BCUT2D eigenvalue weighted by molar-refractivity contribution is 5.96. The molecule has 1 aromatic carbocycles. The number of carbonyl (C=O) groups excluding carboxylic acids is 1. The van der Waals surface area contributed by atoms with Crippen LogP contribution in [0, 0.1) is 19.8 Å². The molecular weight excluding hydrogens is 368 g/mol. The average molecular weight is 401 g/mol. The van der Waals surface area contributed by atoms with Gasteiger partial charge in [-0.05, 0) is 42.9 Å². The number of unbranched alkanes of at least 4 members (excludes halogenated alkanes) is 1. The number of H-pyrrole nitrogens is 1. The molecule has 3 N–H and O–H groups in total. The van der Waals surface area contributed by atoms with Crippen molar-refractivity contribution in [1.82, 2.24) is 9.55 Å². The molecule has 0 unspecified atom stereocenters. The van der Waals surface area contributed by atoms with Gasteiger partial charge in [0.2, 0.25) is 5.91 Å². The number of benzene rings is 1. The monoisotopic (exact) mass is 400 g/mol. The summed E-state index contributed by atoms with van der Waals surface area (Å²) in [5.74, 6) is -0.0188. The van der Waals surface area contributed by atoms with E-state index in [1.807, 2.05) is 52.8 Å². The number of nitrogen functional groups attached to an aromatic ring is 1. The number of nitrogens with one attached hydrogen (secondary N) is 1. The van der Waals surface area contributed by atoms with Crippen molar-refractivity contribution < 1.29 is 4.79 Å². The first-order chi connectivity index (χ1) is 13.6. The number of hydrogen-bond donors (Lipinski definition) is 2. The van der Waals surface area contributed by atoms with E-state index >= 15 is 0 Å². The van der Waals surface area contributed by atoms with Gasteiger partial charge in [-0.3, -0.25) is 19.1 Å². The van der Waals surface area contributed by atoms with Crippen molar-refractivity contribution in [3.05, 3.63) is 55.7 Å². The molecule has 0 spiro atoms. The number of nitrogens with zero attached hydrogens (tertiary/aromatic N) is 2. The molecule has 0 saturated carbocycles. The Hall–Kier alpha value is -2.83. The number of aromatic nitrogens is 2. The van der Waals surface area contributed by atoms with Crippen LogP contribution in [0.25, 0.3) is 0 Å². The lowest BCUT2D eigenvalue weighted by Crippen LogP contribution is -2.42. The number of rotatable bonds is 8. The van der Waals surface area contributed by atoms with Crippen LogP contribution in [0.3, 0.4) is 0 Å². The fourth-order valence-corrected chi connectivity index (χ4v) is 3.25. The molecule has 1 amide bonds. The second kappa shape index (κ2) is 9.58. The van der Waals surface area contributed by atoms with E-state index in [1.54, 1.807) is 0 Å². The topological polar surface area (TPSA) is 101 Å². The molecule has 0 aliphatic heterocycles. The number of aromatic amines is 1. The Morgan fingerprint density at radius 1 is 1.21 bits per heavy atom. The van der Waals surface area contributed by atoms with Gasteiger partial charge in [-0.2, -0.15) is 0 Å². The number of nitrogens with two attached hydrogens (primary N) is 1. The van der Waals surface area contributed by atoms with Crippen LogP contribution >= 0.6 is 0 Å².